The Kier molecular flexibility index (Phi) is 12.9. The summed E-state index contributed by atoms with van der Waals surface area (Å²) in [4.78, 5) is 0. The summed E-state index contributed by atoms with van der Waals surface area (Å²) in [6.07, 6.45) is 13.6. The van der Waals surface area contributed by atoms with Crippen molar-refractivity contribution in [3.8, 4) is 0 Å². The molecule has 19 heavy (non-hydrogen) atoms. The van der Waals surface area contributed by atoms with E-state index in [0.29, 0.717) is 12.5 Å². The van der Waals surface area contributed by atoms with Crippen LogP contribution in [0, 0.1) is 17.8 Å². The molecule has 0 rings (SSSR count). The molecule has 0 heterocycles. The number of unbranched alkanes of at least 4 members (excludes halogenated alkanes) is 2. The molecule has 1 N–H and O–H groups in total. The summed E-state index contributed by atoms with van der Waals surface area (Å²) in [5.41, 5.74) is 0. The molecular formula is C18H38O. The quantitative estimate of drug-likeness (QED) is 0.419. The van der Waals surface area contributed by atoms with Gasteiger partial charge in [-0.2, -0.15) is 0 Å². The van der Waals surface area contributed by atoms with Crippen LogP contribution in [0.2, 0.25) is 0 Å². The van der Waals surface area contributed by atoms with E-state index in [-0.39, 0.29) is 0 Å². The second-order valence-corrected chi connectivity index (χ2v) is 6.86. The molecule has 0 amide bonds. The average molecular weight is 271 g/mol. The van der Waals surface area contributed by atoms with Crippen LogP contribution in [0.25, 0.3) is 0 Å². The summed E-state index contributed by atoms with van der Waals surface area (Å²) in [6.45, 7) is 9.59. The third kappa shape index (κ3) is 12.7. The van der Waals surface area contributed by atoms with Crippen molar-refractivity contribution >= 4 is 0 Å². The van der Waals surface area contributed by atoms with Gasteiger partial charge in [-0.3, -0.25) is 0 Å². The van der Waals surface area contributed by atoms with Crippen molar-refractivity contribution in [2.24, 2.45) is 17.8 Å². The number of aliphatic hydroxyl groups excluding tert-OH is 1. The lowest BCUT2D eigenvalue weighted by molar-refractivity contribution is 0.225. The highest BCUT2D eigenvalue weighted by atomic mass is 16.3. The largest absolute Gasteiger partial charge is 0.396 e. The first-order valence-corrected chi connectivity index (χ1v) is 8.70. The van der Waals surface area contributed by atoms with Gasteiger partial charge in [0, 0.05) is 6.61 Å². The summed E-state index contributed by atoms with van der Waals surface area (Å²) in [7, 11) is 0. The number of hydrogen-bond donors (Lipinski definition) is 1. The fourth-order valence-electron chi connectivity index (χ4n) is 2.75. The molecule has 116 valence electrons. The van der Waals surface area contributed by atoms with E-state index in [1.54, 1.807) is 0 Å². The van der Waals surface area contributed by atoms with Crippen molar-refractivity contribution in [1.82, 2.24) is 0 Å². The Bertz CT molecular complexity index is 179. The van der Waals surface area contributed by atoms with Crippen molar-refractivity contribution in [2.45, 2.75) is 91.9 Å². The third-order valence-corrected chi connectivity index (χ3v) is 4.40. The first kappa shape index (κ1) is 19.0. The van der Waals surface area contributed by atoms with Gasteiger partial charge in [0.1, 0.15) is 0 Å². The van der Waals surface area contributed by atoms with Crippen molar-refractivity contribution in [2.75, 3.05) is 6.61 Å². The zero-order chi connectivity index (χ0) is 14.5. The molecule has 0 spiro atoms. The van der Waals surface area contributed by atoms with E-state index in [4.69, 9.17) is 5.11 Å². The van der Waals surface area contributed by atoms with Crippen LogP contribution in [0.1, 0.15) is 91.9 Å². The van der Waals surface area contributed by atoms with Gasteiger partial charge in [-0.05, 0) is 24.2 Å². The van der Waals surface area contributed by atoms with E-state index >= 15 is 0 Å². The average Bonchev–Trinajstić information content (AvgIpc) is 2.38. The maximum Gasteiger partial charge on any atom is 0.0456 e. The first-order chi connectivity index (χ1) is 9.10. The van der Waals surface area contributed by atoms with E-state index in [1.165, 1.54) is 64.2 Å². The van der Waals surface area contributed by atoms with Gasteiger partial charge in [-0.15, -0.1) is 0 Å². The maximum absolute atomic E-state index is 8.99. The SMILES string of the molecule is CCCCCC(C)CCCC(C)CCCC(C)CO. The molecular weight excluding hydrogens is 232 g/mol. The first-order valence-electron chi connectivity index (χ1n) is 8.70. The van der Waals surface area contributed by atoms with E-state index in [0.717, 1.165) is 11.8 Å². The molecule has 0 saturated heterocycles. The summed E-state index contributed by atoms with van der Waals surface area (Å²) in [5.74, 6) is 2.28. The third-order valence-electron chi connectivity index (χ3n) is 4.40. The van der Waals surface area contributed by atoms with E-state index in [9.17, 15) is 0 Å². The predicted octanol–water partition coefficient (Wildman–Crippen LogP) is 5.81. The Morgan fingerprint density at radius 3 is 1.47 bits per heavy atom. The molecule has 1 nitrogen and oxygen atoms in total. The van der Waals surface area contributed by atoms with Crippen molar-refractivity contribution < 1.29 is 5.11 Å². The topological polar surface area (TPSA) is 20.2 Å². The Labute approximate surface area is 122 Å². The minimum absolute atomic E-state index is 0.351. The normalized spacial score (nSPS) is 16.3. The molecule has 0 aliphatic carbocycles. The standard InChI is InChI=1S/C18H38O/c1-5-6-7-10-16(2)11-8-12-17(3)13-9-14-18(4)15-19/h16-19H,5-15H2,1-4H3. The van der Waals surface area contributed by atoms with Crippen LogP contribution in [-0.4, -0.2) is 11.7 Å². The van der Waals surface area contributed by atoms with Crippen molar-refractivity contribution in [3.63, 3.8) is 0 Å². The summed E-state index contributed by atoms with van der Waals surface area (Å²) >= 11 is 0. The zero-order valence-corrected chi connectivity index (χ0v) is 14.0. The minimum atomic E-state index is 0.351. The van der Waals surface area contributed by atoms with Gasteiger partial charge in [-0.1, -0.05) is 85.5 Å². The molecule has 0 aromatic rings. The lowest BCUT2D eigenvalue weighted by Crippen LogP contribution is -2.03. The van der Waals surface area contributed by atoms with Crippen molar-refractivity contribution in [3.05, 3.63) is 0 Å². The molecule has 0 radical (unpaired) electrons. The van der Waals surface area contributed by atoms with E-state index in [1.807, 2.05) is 0 Å². The molecule has 0 aliphatic rings. The van der Waals surface area contributed by atoms with Crippen LogP contribution in [0.4, 0.5) is 0 Å². The van der Waals surface area contributed by atoms with Gasteiger partial charge in [0.25, 0.3) is 0 Å². The lowest BCUT2D eigenvalue weighted by Gasteiger charge is -2.15. The highest BCUT2D eigenvalue weighted by molar-refractivity contribution is 4.60. The smallest absolute Gasteiger partial charge is 0.0456 e. The highest BCUT2D eigenvalue weighted by Gasteiger charge is 2.07. The summed E-state index contributed by atoms with van der Waals surface area (Å²) in [5, 5.41) is 8.99. The second kappa shape index (κ2) is 13.0. The van der Waals surface area contributed by atoms with E-state index in [2.05, 4.69) is 27.7 Å². The van der Waals surface area contributed by atoms with Gasteiger partial charge in [0.15, 0.2) is 0 Å². The molecule has 0 aliphatic heterocycles. The number of aliphatic hydroxyl groups is 1. The number of hydrogen-bond acceptors (Lipinski definition) is 1. The van der Waals surface area contributed by atoms with Crippen LogP contribution in [-0.2, 0) is 0 Å². The number of rotatable bonds is 13. The Morgan fingerprint density at radius 2 is 1.05 bits per heavy atom. The highest BCUT2D eigenvalue weighted by Crippen LogP contribution is 2.21. The van der Waals surface area contributed by atoms with Gasteiger partial charge < -0.3 is 5.11 Å². The monoisotopic (exact) mass is 270 g/mol. The van der Waals surface area contributed by atoms with Crippen LogP contribution < -0.4 is 0 Å². The van der Waals surface area contributed by atoms with Gasteiger partial charge in [0.2, 0.25) is 0 Å². The Morgan fingerprint density at radius 1 is 0.632 bits per heavy atom. The second-order valence-electron chi connectivity index (χ2n) is 6.86. The van der Waals surface area contributed by atoms with Crippen molar-refractivity contribution in [1.29, 1.82) is 0 Å². The molecule has 1 heteroatoms. The molecule has 0 aromatic heterocycles. The predicted molar refractivity (Wildman–Crippen MR) is 86.4 cm³/mol. The molecule has 3 atom stereocenters. The summed E-state index contributed by atoms with van der Waals surface area (Å²) in [6, 6.07) is 0. The van der Waals surface area contributed by atoms with Crippen LogP contribution in [0.5, 0.6) is 0 Å². The molecule has 0 saturated carbocycles. The van der Waals surface area contributed by atoms with Gasteiger partial charge >= 0.3 is 0 Å². The van der Waals surface area contributed by atoms with Gasteiger partial charge in [0.05, 0.1) is 0 Å². The van der Waals surface area contributed by atoms with Gasteiger partial charge in [-0.25, -0.2) is 0 Å². The van der Waals surface area contributed by atoms with Crippen LogP contribution in [0.3, 0.4) is 0 Å². The summed E-state index contributed by atoms with van der Waals surface area (Å²) < 4.78 is 0. The van der Waals surface area contributed by atoms with Crippen LogP contribution >= 0.6 is 0 Å². The fourth-order valence-corrected chi connectivity index (χ4v) is 2.75. The zero-order valence-electron chi connectivity index (χ0n) is 14.0. The minimum Gasteiger partial charge on any atom is -0.396 e. The Balaban J connectivity index is 3.39. The molecule has 0 bridgehead atoms. The van der Waals surface area contributed by atoms with Crippen LogP contribution in [0.15, 0.2) is 0 Å². The fraction of sp³-hybridized carbons (Fsp3) is 1.00. The van der Waals surface area contributed by atoms with E-state index < -0.39 is 0 Å². The maximum atomic E-state index is 8.99. The lowest BCUT2D eigenvalue weighted by atomic mass is 9.92. The molecule has 0 fully saturated rings. The molecule has 0 aromatic carbocycles. The Hall–Kier alpha value is -0.0400. The molecule has 3 unspecified atom stereocenters.